The van der Waals surface area contributed by atoms with Crippen molar-refractivity contribution in [2.24, 2.45) is 5.41 Å². The van der Waals surface area contributed by atoms with E-state index >= 15 is 0 Å². The van der Waals surface area contributed by atoms with Crippen LogP contribution in [0.1, 0.15) is 36.7 Å². The van der Waals surface area contributed by atoms with Gasteiger partial charge in [-0.3, -0.25) is 14.2 Å². The van der Waals surface area contributed by atoms with Gasteiger partial charge in [-0.2, -0.15) is 0 Å². The molecule has 4 rings (SSSR count). The van der Waals surface area contributed by atoms with Crippen LogP contribution in [-0.4, -0.2) is 41.6 Å². The largest absolute Gasteiger partial charge is 0.573 e. The van der Waals surface area contributed by atoms with Crippen molar-refractivity contribution in [3.05, 3.63) is 83.5 Å². The molecule has 0 amide bonds. The van der Waals surface area contributed by atoms with E-state index in [0.717, 1.165) is 6.07 Å². The molecule has 0 saturated heterocycles. The highest BCUT2D eigenvalue weighted by Gasteiger charge is 2.32. The van der Waals surface area contributed by atoms with Crippen molar-refractivity contribution >= 4 is 40.1 Å². The molecule has 0 fully saturated rings. The van der Waals surface area contributed by atoms with Gasteiger partial charge in [0.1, 0.15) is 23.3 Å². The molecule has 2 N–H and O–H groups in total. The van der Waals surface area contributed by atoms with Gasteiger partial charge in [-0.15, -0.1) is 13.2 Å². The van der Waals surface area contributed by atoms with Crippen molar-refractivity contribution in [2.45, 2.75) is 32.7 Å². The highest BCUT2D eigenvalue weighted by atomic mass is 35.5. The van der Waals surface area contributed by atoms with E-state index in [1.165, 1.54) is 30.0 Å². The summed E-state index contributed by atoms with van der Waals surface area (Å²) in [6.07, 6.45) is -3.17. The van der Waals surface area contributed by atoms with Crippen molar-refractivity contribution in [3.63, 3.8) is 0 Å². The Balaban J connectivity index is 1.68. The second-order valence-electron chi connectivity index (χ2n) is 10.1. The Kier molecular flexibility index (Phi) is 8.91. The number of carboxylic acid groups (broad SMARTS) is 1. The first-order valence-corrected chi connectivity index (χ1v) is 13.1. The van der Waals surface area contributed by atoms with Crippen LogP contribution in [-0.2, 0) is 4.79 Å². The zero-order valence-electron chi connectivity index (χ0n) is 22.9. The standard InChI is InChI=1S/C30H28ClF3N2O6/c1-29(2,28(38)39)11-13-41-24-15-21(14-23(16-24)40-3)35-26(19-4-7-20(31)8-5-19)27(37)36-12-10-18-6-9-22(17-25(18)36)42-30(32,33)34/h4-10,12,14-17,26,35H,11,13H2,1-3H3,(H,38,39). The van der Waals surface area contributed by atoms with Gasteiger partial charge >= 0.3 is 12.3 Å². The highest BCUT2D eigenvalue weighted by Crippen LogP contribution is 2.33. The summed E-state index contributed by atoms with van der Waals surface area (Å²) in [6.45, 7) is 3.31. The average molecular weight is 605 g/mol. The number of nitrogens with one attached hydrogen (secondary N) is 1. The number of methoxy groups -OCH3 is 1. The maximum Gasteiger partial charge on any atom is 0.573 e. The van der Waals surface area contributed by atoms with Crippen LogP contribution >= 0.6 is 11.6 Å². The molecular weight excluding hydrogens is 577 g/mol. The summed E-state index contributed by atoms with van der Waals surface area (Å²) < 4.78 is 55.1. The van der Waals surface area contributed by atoms with E-state index in [4.69, 9.17) is 21.1 Å². The molecular formula is C30H28ClF3N2O6. The number of carboxylic acids is 1. The number of aromatic nitrogens is 1. The second-order valence-corrected chi connectivity index (χ2v) is 10.5. The zero-order valence-corrected chi connectivity index (χ0v) is 23.6. The topological polar surface area (TPSA) is 99.0 Å². The van der Waals surface area contributed by atoms with Crippen LogP contribution in [0.4, 0.5) is 18.9 Å². The van der Waals surface area contributed by atoms with E-state index in [-0.39, 0.29) is 18.5 Å². The number of halogens is 4. The van der Waals surface area contributed by atoms with E-state index in [2.05, 4.69) is 10.1 Å². The minimum absolute atomic E-state index is 0.114. The molecule has 1 aromatic heterocycles. The maximum absolute atomic E-state index is 14.0. The van der Waals surface area contributed by atoms with E-state index in [1.807, 2.05) is 0 Å². The van der Waals surface area contributed by atoms with E-state index in [1.54, 1.807) is 62.4 Å². The first-order valence-electron chi connectivity index (χ1n) is 12.7. The molecule has 0 saturated carbocycles. The van der Waals surface area contributed by atoms with Gasteiger partial charge < -0.3 is 24.6 Å². The van der Waals surface area contributed by atoms with Gasteiger partial charge in [0, 0.05) is 46.6 Å². The summed E-state index contributed by atoms with van der Waals surface area (Å²) in [4.78, 5) is 25.4. The lowest BCUT2D eigenvalue weighted by Crippen LogP contribution is -2.26. The number of alkyl halides is 3. The SMILES string of the molecule is COc1cc(NC(C(=O)n2ccc3ccc(OC(F)(F)F)cc32)c2ccc(Cl)cc2)cc(OCCC(C)(C)C(=O)O)c1. The Morgan fingerprint density at radius 1 is 0.976 bits per heavy atom. The van der Waals surface area contributed by atoms with E-state index in [9.17, 15) is 27.9 Å². The lowest BCUT2D eigenvalue weighted by molar-refractivity contribution is -0.274. The van der Waals surface area contributed by atoms with Crippen LogP contribution in [0.3, 0.4) is 0 Å². The van der Waals surface area contributed by atoms with Crippen molar-refractivity contribution in [3.8, 4) is 17.2 Å². The predicted octanol–water partition coefficient (Wildman–Crippen LogP) is 7.58. The summed E-state index contributed by atoms with van der Waals surface area (Å²) >= 11 is 6.08. The predicted molar refractivity (Wildman–Crippen MR) is 152 cm³/mol. The van der Waals surface area contributed by atoms with Crippen LogP contribution in [0.15, 0.2) is 72.9 Å². The molecule has 1 atom stereocenters. The monoisotopic (exact) mass is 604 g/mol. The van der Waals surface area contributed by atoms with Crippen molar-refractivity contribution in [1.29, 1.82) is 0 Å². The number of benzene rings is 3. The minimum atomic E-state index is -4.89. The first kappa shape index (κ1) is 30.6. The van der Waals surface area contributed by atoms with Gasteiger partial charge in [-0.1, -0.05) is 23.7 Å². The third-order valence-electron chi connectivity index (χ3n) is 6.59. The Morgan fingerprint density at radius 2 is 1.67 bits per heavy atom. The van der Waals surface area contributed by atoms with Crippen LogP contribution in [0.25, 0.3) is 10.9 Å². The fraction of sp³-hybridized carbons (Fsp3) is 0.267. The lowest BCUT2D eigenvalue weighted by Gasteiger charge is -2.22. The van der Waals surface area contributed by atoms with Crippen LogP contribution in [0, 0.1) is 5.41 Å². The highest BCUT2D eigenvalue weighted by molar-refractivity contribution is 6.30. The van der Waals surface area contributed by atoms with Crippen molar-refractivity contribution < 1.29 is 42.1 Å². The quantitative estimate of drug-likeness (QED) is 0.182. The molecule has 222 valence electrons. The molecule has 42 heavy (non-hydrogen) atoms. The summed E-state index contributed by atoms with van der Waals surface area (Å²) in [6, 6.07) is 15.8. The molecule has 4 aromatic rings. The van der Waals surface area contributed by atoms with Crippen LogP contribution < -0.4 is 19.5 Å². The molecule has 3 aromatic carbocycles. The number of anilines is 1. The summed E-state index contributed by atoms with van der Waals surface area (Å²) in [5.74, 6) is -1.11. The van der Waals surface area contributed by atoms with Crippen LogP contribution in [0.2, 0.25) is 5.02 Å². The Bertz CT molecular complexity index is 1580. The van der Waals surface area contributed by atoms with Gasteiger partial charge in [0.05, 0.1) is 24.6 Å². The number of ether oxygens (including phenoxy) is 3. The second kappa shape index (κ2) is 12.2. The molecule has 0 radical (unpaired) electrons. The third-order valence-corrected chi connectivity index (χ3v) is 6.84. The number of rotatable bonds is 11. The average Bonchev–Trinajstić information content (AvgIpc) is 3.34. The van der Waals surface area contributed by atoms with E-state index in [0.29, 0.717) is 33.2 Å². The number of carbonyl (C=O) groups excluding carboxylic acids is 1. The Morgan fingerprint density at radius 3 is 2.31 bits per heavy atom. The van der Waals surface area contributed by atoms with Gasteiger partial charge in [0.25, 0.3) is 5.91 Å². The zero-order chi connectivity index (χ0) is 30.7. The molecule has 0 aliphatic rings. The van der Waals surface area contributed by atoms with Gasteiger partial charge in [-0.25, -0.2) is 0 Å². The molecule has 12 heteroatoms. The maximum atomic E-state index is 14.0. The summed E-state index contributed by atoms with van der Waals surface area (Å²) in [5, 5.41) is 13.5. The number of hydrogen-bond donors (Lipinski definition) is 2. The normalized spacial score (nSPS) is 12.5. The van der Waals surface area contributed by atoms with Crippen molar-refractivity contribution in [1.82, 2.24) is 4.57 Å². The lowest BCUT2D eigenvalue weighted by atomic mass is 9.90. The number of carbonyl (C=O) groups is 2. The number of hydrogen-bond acceptors (Lipinski definition) is 6. The molecule has 0 aliphatic carbocycles. The molecule has 1 unspecified atom stereocenters. The molecule has 1 heterocycles. The third kappa shape index (κ3) is 7.47. The molecule has 8 nitrogen and oxygen atoms in total. The fourth-order valence-electron chi connectivity index (χ4n) is 4.13. The molecule has 0 bridgehead atoms. The van der Waals surface area contributed by atoms with E-state index < -0.39 is 35.4 Å². The number of nitrogens with zero attached hydrogens (tertiary/aromatic N) is 1. The number of fused-ring (bicyclic) bond motifs is 1. The summed E-state index contributed by atoms with van der Waals surface area (Å²) in [5.41, 5.74) is 0.199. The van der Waals surface area contributed by atoms with Crippen LogP contribution in [0.5, 0.6) is 17.2 Å². The Hall–Kier alpha value is -4.38. The number of aliphatic carboxylic acids is 1. The van der Waals surface area contributed by atoms with Gasteiger partial charge in [0.2, 0.25) is 0 Å². The summed E-state index contributed by atoms with van der Waals surface area (Å²) in [7, 11) is 1.46. The minimum Gasteiger partial charge on any atom is -0.497 e. The smallest absolute Gasteiger partial charge is 0.497 e. The molecule has 0 spiro atoms. The fourth-order valence-corrected chi connectivity index (χ4v) is 4.26. The first-order chi connectivity index (χ1) is 19.8. The van der Waals surface area contributed by atoms with Gasteiger partial charge in [-0.05, 0) is 56.2 Å². The Labute approximate surface area is 244 Å². The van der Waals surface area contributed by atoms with Gasteiger partial charge in [0.15, 0.2) is 0 Å². The van der Waals surface area contributed by atoms with Crippen molar-refractivity contribution in [2.75, 3.05) is 19.0 Å². The molecule has 0 aliphatic heterocycles.